The minimum Gasteiger partial charge on any atom is -0.367 e. The molecule has 0 unspecified atom stereocenters. The minimum atomic E-state index is -4.15. The smallest absolute Gasteiger partial charge is 0.350 e. The van der Waals surface area contributed by atoms with Crippen LogP contribution in [-0.2, 0) is 28.7 Å². The van der Waals surface area contributed by atoms with Gasteiger partial charge < -0.3 is 24.1 Å². The number of nitrogens with one attached hydrogen (secondary N) is 1. The van der Waals surface area contributed by atoms with Crippen LogP contribution in [0.3, 0.4) is 0 Å². The lowest BCUT2D eigenvalue weighted by atomic mass is 10.3. The number of ether oxygens (including phenoxy) is 1. The molecule has 2 aromatic heterocycles. The molecule has 0 aromatic carbocycles. The third-order valence-corrected chi connectivity index (χ3v) is 4.23. The number of nitrogens with zero attached hydrogens (tertiary/aromatic N) is 3. The van der Waals surface area contributed by atoms with Gasteiger partial charge in [0.1, 0.15) is 29.2 Å². The molecule has 0 aliphatic rings. The van der Waals surface area contributed by atoms with Gasteiger partial charge in [0.05, 0.1) is 6.61 Å². The van der Waals surface area contributed by atoms with E-state index in [4.69, 9.17) is 26.7 Å². The molecule has 0 aliphatic heterocycles. The lowest BCUT2D eigenvalue weighted by Crippen LogP contribution is -2.11. The largest absolute Gasteiger partial charge is 0.367 e. The maximum Gasteiger partial charge on any atom is 0.350 e. The molecule has 0 radical (unpaired) electrons. The van der Waals surface area contributed by atoms with Gasteiger partial charge in [-0.25, -0.2) is 9.97 Å². The Hall–Kier alpha value is -1.12. The SMILES string of the molecule is CCCc1nc(=S)c2nc(CCC)n(CCOCP(=O)(O)O)c2[nH]1. The van der Waals surface area contributed by atoms with E-state index in [-0.39, 0.29) is 6.61 Å². The first-order valence-corrected chi connectivity index (χ1v) is 10.2. The Morgan fingerprint density at radius 3 is 2.58 bits per heavy atom. The van der Waals surface area contributed by atoms with Crippen molar-refractivity contribution < 1.29 is 19.1 Å². The van der Waals surface area contributed by atoms with Crippen LogP contribution >= 0.6 is 19.8 Å². The van der Waals surface area contributed by atoms with Gasteiger partial charge in [0.25, 0.3) is 0 Å². The van der Waals surface area contributed by atoms with Gasteiger partial charge in [0.15, 0.2) is 4.64 Å². The summed E-state index contributed by atoms with van der Waals surface area (Å²) in [6, 6.07) is 0. The van der Waals surface area contributed by atoms with Gasteiger partial charge >= 0.3 is 7.60 Å². The van der Waals surface area contributed by atoms with Crippen LogP contribution in [0.2, 0.25) is 0 Å². The standard InChI is InChI=1S/C14H23N4O4PS/c1-3-5-10-15-13-12(14(24)16-10)17-11(6-4-2)18(13)7-8-22-9-23(19,20)21/h3-9H2,1-2H3,(H,15,16,24)(H2,19,20,21). The third kappa shape index (κ3) is 4.94. The molecule has 0 amide bonds. The Bertz CT molecular complexity index is 798. The van der Waals surface area contributed by atoms with Crippen molar-refractivity contribution in [3.63, 3.8) is 0 Å². The molecular weight excluding hydrogens is 351 g/mol. The molecule has 10 heteroatoms. The van der Waals surface area contributed by atoms with Gasteiger partial charge in [-0.05, 0) is 12.8 Å². The van der Waals surface area contributed by atoms with Gasteiger partial charge in [-0.1, -0.05) is 26.1 Å². The molecule has 0 fully saturated rings. The lowest BCUT2D eigenvalue weighted by molar-refractivity contribution is 0.149. The topological polar surface area (TPSA) is 113 Å². The second-order valence-corrected chi connectivity index (χ2v) is 7.54. The van der Waals surface area contributed by atoms with Crippen molar-refractivity contribution in [2.45, 2.75) is 46.1 Å². The summed E-state index contributed by atoms with van der Waals surface area (Å²) >= 11 is 5.36. The number of hydrogen-bond acceptors (Lipinski definition) is 5. The molecule has 0 spiro atoms. The molecule has 0 saturated heterocycles. The van der Waals surface area contributed by atoms with Crippen molar-refractivity contribution in [1.82, 2.24) is 19.5 Å². The van der Waals surface area contributed by atoms with Crippen molar-refractivity contribution in [1.29, 1.82) is 0 Å². The van der Waals surface area contributed by atoms with E-state index >= 15 is 0 Å². The first kappa shape index (κ1) is 19.2. The fraction of sp³-hybridized carbons (Fsp3) is 0.643. The van der Waals surface area contributed by atoms with Crippen LogP contribution in [0, 0.1) is 4.64 Å². The molecule has 2 heterocycles. The number of fused-ring (bicyclic) bond motifs is 1. The van der Waals surface area contributed by atoms with E-state index in [0.29, 0.717) is 16.7 Å². The van der Waals surface area contributed by atoms with Crippen LogP contribution in [0.25, 0.3) is 11.2 Å². The Kier molecular flexibility index (Phi) is 6.65. The number of H-pyrrole nitrogens is 1. The number of aromatic nitrogens is 4. The Labute approximate surface area is 145 Å². The third-order valence-electron chi connectivity index (χ3n) is 3.43. The molecule has 0 bridgehead atoms. The van der Waals surface area contributed by atoms with Crippen LogP contribution in [-0.4, -0.2) is 42.3 Å². The summed E-state index contributed by atoms with van der Waals surface area (Å²) in [4.78, 5) is 30.0. The zero-order chi connectivity index (χ0) is 17.7. The minimum absolute atomic E-state index is 0.180. The van der Waals surface area contributed by atoms with Crippen LogP contribution < -0.4 is 0 Å². The maximum absolute atomic E-state index is 10.9. The predicted molar refractivity (Wildman–Crippen MR) is 93.6 cm³/mol. The van der Waals surface area contributed by atoms with Crippen molar-refractivity contribution in [3.05, 3.63) is 16.3 Å². The molecule has 0 atom stereocenters. The quantitative estimate of drug-likeness (QED) is 0.351. The fourth-order valence-electron chi connectivity index (χ4n) is 2.47. The van der Waals surface area contributed by atoms with Gasteiger partial charge in [0, 0.05) is 19.4 Å². The lowest BCUT2D eigenvalue weighted by Gasteiger charge is -2.10. The van der Waals surface area contributed by atoms with E-state index in [2.05, 4.69) is 28.8 Å². The highest BCUT2D eigenvalue weighted by Crippen LogP contribution is 2.33. The molecule has 24 heavy (non-hydrogen) atoms. The van der Waals surface area contributed by atoms with Crippen molar-refractivity contribution in [2.24, 2.45) is 0 Å². The van der Waals surface area contributed by atoms with E-state index in [9.17, 15) is 4.57 Å². The van der Waals surface area contributed by atoms with Crippen molar-refractivity contribution >= 4 is 31.0 Å². The zero-order valence-corrected chi connectivity index (χ0v) is 15.6. The Balaban J connectivity index is 2.31. The number of imidazole rings is 1. The molecule has 0 aliphatic carbocycles. The van der Waals surface area contributed by atoms with Gasteiger partial charge in [-0.15, -0.1) is 0 Å². The normalized spacial score (nSPS) is 12.2. The van der Waals surface area contributed by atoms with Crippen molar-refractivity contribution in [3.8, 4) is 0 Å². The molecular formula is C14H23N4O4PS. The second-order valence-electron chi connectivity index (χ2n) is 5.57. The van der Waals surface area contributed by atoms with Crippen LogP contribution in [0.1, 0.15) is 38.3 Å². The molecule has 2 aromatic rings. The average molecular weight is 374 g/mol. The monoisotopic (exact) mass is 374 g/mol. The molecule has 2 rings (SSSR count). The number of rotatable bonds is 9. The summed E-state index contributed by atoms with van der Waals surface area (Å²) in [7, 11) is -4.15. The fourth-order valence-corrected chi connectivity index (χ4v) is 3.08. The maximum atomic E-state index is 10.9. The van der Waals surface area contributed by atoms with E-state index in [1.165, 1.54) is 0 Å². The summed E-state index contributed by atoms with van der Waals surface area (Å²) in [6.45, 7) is 4.75. The van der Waals surface area contributed by atoms with E-state index in [1.54, 1.807) is 0 Å². The van der Waals surface area contributed by atoms with Gasteiger partial charge in [-0.3, -0.25) is 4.57 Å². The van der Waals surface area contributed by atoms with E-state index in [1.807, 2.05) is 4.57 Å². The number of aryl methyl sites for hydroxylation is 2. The number of aromatic amines is 1. The Morgan fingerprint density at radius 2 is 1.96 bits per heavy atom. The van der Waals surface area contributed by atoms with Gasteiger partial charge in [0.2, 0.25) is 0 Å². The molecule has 8 nitrogen and oxygen atoms in total. The number of hydrogen-bond donors (Lipinski definition) is 3. The zero-order valence-electron chi connectivity index (χ0n) is 13.9. The van der Waals surface area contributed by atoms with E-state index in [0.717, 1.165) is 43.0 Å². The van der Waals surface area contributed by atoms with Crippen LogP contribution in [0.4, 0.5) is 0 Å². The highest BCUT2D eigenvalue weighted by Gasteiger charge is 2.15. The van der Waals surface area contributed by atoms with Crippen LogP contribution in [0.5, 0.6) is 0 Å². The highest BCUT2D eigenvalue weighted by atomic mass is 32.1. The summed E-state index contributed by atoms with van der Waals surface area (Å²) < 4.78 is 18.4. The summed E-state index contributed by atoms with van der Waals surface area (Å²) in [6.07, 6.45) is 2.86. The highest BCUT2D eigenvalue weighted by molar-refractivity contribution is 7.71. The Morgan fingerprint density at radius 1 is 1.25 bits per heavy atom. The predicted octanol–water partition coefficient (Wildman–Crippen LogP) is 2.55. The average Bonchev–Trinajstić information content (AvgIpc) is 2.82. The molecule has 3 N–H and O–H groups in total. The van der Waals surface area contributed by atoms with Crippen molar-refractivity contribution in [2.75, 3.05) is 13.0 Å². The second kappa shape index (κ2) is 8.31. The molecule has 0 saturated carbocycles. The first-order valence-electron chi connectivity index (χ1n) is 7.96. The summed E-state index contributed by atoms with van der Waals surface area (Å²) in [5.74, 6) is 1.68. The molecule has 134 valence electrons. The summed E-state index contributed by atoms with van der Waals surface area (Å²) in [5.41, 5.74) is 1.45. The summed E-state index contributed by atoms with van der Waals surface area (Å²) in [5, 5.41) is 0. The van der Waals surface area contributed by atoms with Gasteiger partial charge in [-0.2, -0.15) is 0 Å². The first-order chi connectivity index (χ1) is 11.4. The van der Waals surface area contributed by atoms with E-state index < -0.39 is 13.9 Å². The van der Waals surface area contributed by atoms with Crippen LogP contribution in [0.15, 0.2) is 0 Å².